The molecule has 3 aromatic rings. The Bertz CT molecular complexity index is 1270. The average molecular weight is 521 g/mol. The molecule has 1 aliphatic rings. The fourth-order valence-corrected chi connectivity index (χ4v) is 4.79. The summed E-state index contributed by atoms with van der Waals surface area (Å²) in [5.41, 5.74) is 3.88. The van der Waals surface area contributed by atoms with Crippen LogP contribution < -0.4 is 9.47 Å². The van der Waals surface area contributed by atoms with Gasteiger partial charge >= 0.3 is 0 Å². The predicted octanol–water partition coefficient (Wildman–Crippen LogP) is 7.64. The lowest BCUT2D eigenvalue weighted by Gasteiger charge is -2.14. The largest absolute Gasteiger partial charge is 0.490 e. The van der Waals surface area contributed by atoms with E-state index in [0.717, 1.165) is 23.2 Å². The number of benzene rings is 3. The van der Waals surface area contributed by atoms with E-state index in [4.69, 9.17) is 26.1 Å². The lowest BCUT2D eigenvalue weighted by Crippen LogP contribution is -2.29. The van der Waals surface area contributed by atoms with Gasteiger partial charge in [0.1, 0.15) is 6.61 Å². The van der Waals surface area contributed by atoms with Crippen LogP contribution >= 0.6 is 23.4 Å². The van der Waals surface area contributed by atoms with Gasteiger partial charge < -0.3 is 9.47 Å². The quantitative estimate of drug-likeness (QED) is 0.272. The van der Waals surface area contributed by atoms with E-state index in [-0.39, 0.29) is 5.91 Å². The normalized spacial score (nSPS) is 15.7. The smallest absolute Gasteiger partial charge is 0.266 e. The molecule has 186 valence electrons. The van der Waals surface area contributed by atoms with Gasteiger partial charge in [-0.2, -0.15) is 0 Å². The van der Waals surface area contributed by atoms with Crippen molar-refractivity contribution in [3.05, 3.63) is 93.3 Å². The van der Waals surface area contributed by atoms with Gasteiger partial charge in [0.15, 0.2) is 16.7 Å². The maximum atomic E-state index is 13.2. The molecular formula is C29H29ClN2O3S. The molecule has 1 heterocycles. The van der Waals surface area contributed by atoms with Crippen molar-refractivity contribution < 1.29 is 14.3 Å². The number of aliphatic imine (C=N–C) groups is 1. The summed E-state index contributed by atoms with van der Waals surface area (Å²) >= 11 is 7.37. The Morgan fingerprint density at radius 3 is 2.42 bits per heavy atom. The number of rotatable bonds is 9. The van der Waals surface area contributed by atoms with Gasteiger partial charge in [-0.15, -0.1) is 0 Å². The third-order valence-corrected chi connectivity index (χ3v) is 6.73. The number of halogens is 1. The summed E-state index contributed by atoms with van der Waals surface area (Å²) in [6.07, 6.45) is 2.74. The van der Waals surface area contributed by atoms with Crippen LogP contribution in [-0.2, 0) is 11.4 Å². The van der Waals surface area contributed by atoms with Crippen molar-refractivity contribution in [1.82, 2.24) is 4.90 Å². The third-order valence-electron chi connectivity index (χ3n) is 5.47. The summed E-state index contributed by atoms with van der Waals surface area (Å²) in [6.45, 7) is 7.55. The zero-order valence-corrected chi connectivity index (χ0v) is 22.2. The van der Waals surface area contributed by atoms with Crippen molar-refractivity contribution in [2.45, 2.75) is 33.8 Å². The second-order valence-corrected chi connectivity index (χ2v) is 9.80. The summed E-state index contributed by atoms with van der Waals surface area (Å²) in [4.78, 5) is 20.3. The van der Waals surface area contributed by atoms with Crippen molar-refractivity contribution in [1.29, 1.82) is 0 Å². The molecule has 0 radical (unpaired) electrons. The van der Waals surface area contributed by atoms with E-state index < -0.39 is 0 Å². The van der Waals surface area contributed by atoms with Crippen LogP contribution in [0.4, 0.5) is 5.69 Å². The number of carbonyl (C=O) groups excluding carboxylic acids is 1. The second kappa shape index (κ2) is 12.2. The average Bonchev–Trinajstić information content (AvgIpc) is 3.15. The Kier molecular flexibility index (Phi) is 8.73. The molecule has 0 saturated carbocycles. The van der Waals surface area contributed by atoms with Crippen LogP contribution in [0.1, 0.15) is 37.0 Å². The molecule has 7 heteroatoms. The minimum atomic E-state index is -0.0336. The van der Waals surface area contributed by atoms with E-state index in [1.54, 1.807) is 4.90 Å². The van der Waals surface area contributed by atoms with Crippen molar-refractivity contribution in [2.24, 2.45) is 4.99 Å². The molecular weight excluding hydrogens is 492 g/mol. The maximum Gasteiger partial charge on any atom is 0.266 e. The molecule has 1 amide bonds. The van der Waals surface area contributed by atoms with Crippen LogP contribution in [-0.4, -0.2) is 29.1 Å². The summed E-state index contributed by atoms with van der Waals surface area (Å²) < 4.78 is 11.9. The number of carbonyl (C=O) groups is 1. The summed E-state index contributed by atoms with van der Waals surface area (Å²) in [6, 6.07) is 21.2. The number of nitrogens with zero attached hydrogens (tertiary/aromatic N) is 2. The highest BCUT2D eigenvalue weighted by Gasteiger charge is 2.32. The number of ether oxygens (including phenoxy) is 2. The first-order chi connectivity index (χ1) is 17.5. The summed E-state index contributed by atoms with van der Waals surface area (Å²) in [7, 11) is 0. The highest BCUT2D eigenvalue weighted by molar-refractivity contribution is 8.18. The number of hydrogen-bond acceptors (Lipinski definition) is 5. The molecule has 0 bridgehead atoms. The predicted molar refractivity (Wildman–Crippen MR) is 149 cm³/mol. The van der Waals surface area contributed by atoms with Gasteiger partial charge in [0, 0.05) is 11.6 Å². The number of aryl methyl sites for hydroxylation is 1. The maximum absolute atomic E-state index is 13.2. The summed E-state index contributed by atoms with van der Waals surface area (Å²) in [5, 5.41) is 1.39. The van der Waals surface area contributed by atoms with Crippen LogP contribution in [0, 0.1) is 6.92 Å². The van der Waals surface area contributed by atoms with Crippen LogP contribution in [0.25, 0.3) is 6.08 Å². The molecule has 0 N–H and O–H groups in total. The van der Waals surface area contributed by atoms with Gasteiger partial charge in [0.05, 0.1) is 17.2 Å². The Morgan fingerprint density at radius 2 is 1.72 bits per heavy atom. The Hall–Kier alpha value is -3.22. The SMILES string of the molecule is CCCN1C(=O)/C(=C\c2ccc(OCc3ccc(Cl)cc3)c(OCC)c2)SC1=Nc1ccc(C)cc1. The fourth-order valence-electron chi connectivity index (χ4n) is 3.64. The molecule has 3 aromatic carbocycles. The monoisotopic (exact) mass is 520 g/mol. The molecule has 5 nitrogen and oxygen atoms in total. The fraction of sp³-hybridized carbons (Fsp3) is 0.241. The first-order valence-corrected chi connectivity index (χ1v) is 13.2. The Balaban J connectivity index is 1.56. The first-order valence-electron chi connectivity index (χ1n) is 12.0. The van der Waals surface area contributed by atoms with Crippen LogP contribution in [0.3, 0.4) is 0 Å². The molecule has 0 aliphatic carbocycles. The van der Waals surface area contributed by atoms with Gasteiger partial charge in [-0.05, 0) is 85.6 Å². The highest BCUT2D eigenvalue weighted by Crippen LogP contribution is 2.36. The lowest BCUT2D eigenvalue weighted by atomic mass is 10.1. The second-order valence-electron chi connectivity index (χ2n) is 8.35. The van der Waals surface area contributed by atoms with Crippen molar-refractivity contribution in [3.63, 3.8) is 0 Å². The van der Waals surface area contributed by atoms with E-state index in [2.05, 4.69) is 6.92 Å². The molecule has 0 spiro atoms. The molecule has 0 aromatic heterocycles. The van der Waals surface area contributed by atoms with Gasteiger partial charge in [-0.3, -0.25) is 9.69 Å². The first kappa shape index (κ1) is 25.9. The number of amides is 1. The Morgan fingerprint density at radius 1 is 0.972 bits per heavy atom. The van der Waals surface area contributed by atoms with E-state index in [1.165, 1.54) is 17.3 Å². The topological polar surface area (TPSA) is 51.1 Å². The number of thioether (sulfide) groups is 1. The van der Waals surface area contributed by atoms with Gasteiger partial charge in [-0.1, -0.05) is 54.4 Å². The van der Waals surface area contributed by atoms with E-state index in [1.807, 2.05) is 86.7 Å². The molecule has 36 heavy (non-hydrogen) atoms. The van der Waals surface area contributed by atoms with Gasteiger partial charge in [0.2, 0.25) is 0 Å². The number of hydrogen-bond donors (Lipinski definition) is 0. The van der Waals surface area contributed by atoms with E-state index >= 15 is 0 Å². The Labute approximate surface area is 221 Å². The standard InChI is InChI=1S/C29H29ClN2O3S/c1-4-16-32-28(33)27(36-29(32)31-24-13-6-20(3)7-14-24)18-22-10-15-25(26(17-22)34-5-2)35-19-21-8-11-23(30)12-9-21/h6-15,17-18H,4-5,16,19H2,1-3H3/b27-18+,31-29?. The number of amidine groups is 1. The van der Waals surface area contributed by atoms with Crippen LogP contribution in [0.15, 0.2) is 76.6 Å². The molecule has 1 aliphatic heterocycles. The van der Waals surface area contributed by atoms with Crippen LogP contribution in [0.5, 0.6) is 11.5 Å². The highest BCUT2D eigenvalue weighted by atomic mass is 35.5. The molecule has 1 fully saturated rings. The zero-order valence-electron chi connectivity index (χ0n) is 20.7. The van der Waals surface area contributed by atoms with Gasteiger partial charge in [0.25, 0.3) is 5.91 Å². The van der Waals surface area contributed by atoms with E-state index in [0.29, 0.717) is 46.4 Å². The van der Waals surface area contributed by atoms with E-state index in [9.17, 15) is 4.79 Å². The van der Waals surface area contributed by atoms with Crippen molar-refractivity contribution in [2.75, 3.05) is 13.2 Å². The lowest BCUT2D eigenvalue weighted by molar-refractivity contribution is -0.122. The molecule has 1 saturated heterocycles. The molecule has 4 rings (SSSR count). The zero-order chi connectivity index (χ0) is 25.5. The van der Waals surface area contributed by atoms with Crippen molar-refractivity contribution in [3.8, 4) is 11.5 Å². The third kappa shape index (κ3) is 6.50. The molecule has 0 unspecified atom stereocenters. The van der Waals surface area contributed by atoms with Crippen LogP contribution in [0.2, 0.25) is 5.02 Å². The summed E-state index contributed by atoms with van der Waals surface area (Å²) in [5.74, 6) is 1.25. The molecule has 0 atom stereocenters. The van der Waals surface area contributed by atoms with Crippen molar-refractivity contribution >= 4 is 46.2 Å². The minimum absolute atomic E-state index is 0.0336. The van der Waals surface area contributed by atoms with Gasteiger partial charge in [-0.25, -0.2) is 4.99 Å². The minimum Gasteiger partial charge on any atom is -0.490 e.